The van der Waals surface area contributed by atoms with E-state index in [1.54, 1.807) is 0 Å². The van der Waals surface area contributed by atoms with Crippen molar-refractivity contribution in [3.05, 3.63) is 12.0 Å². The summed E-state index contributed by atoms with van der Waals surface area (Å²) in [6.45, 7) is 0. The molecule has 9 nitrogen and oxygen atoms in total. The van der Waals surface area contributed by atoms with Crippen molar-refractivity contribution < 1.29 is 44.5 Å². The third-order valence-electron chi connectivity index (χ3n) is 2.85. The molecule has 1 fully saturated rings. The maximum atomic E-state index is 11.0. The first-order valence-corrected chi connectivity index (χ1v) is 5.54. The molecular formula is C10H14O9. The molecule has 19 heavy (non-hydrogen) atoms. The van der Waals surface area contributed by atoms with E-state index in [0.29, 0.717) is 0 Å². The second-order valence-electron chi connectivity index (χ2n) is 4.24. The van der Waals surface area contributed by atoms with Crippen LogP contribution >= 0.6 is 0 Å². The normalized spacial score (nSPS) is 43.2. The zero-order chi connectivity index (χ0) is 14.2. The first kappa shape index (κ1) is 14.0. The fourth-order valence-corrected chi connectivity index (χ4v) is 1.87. The molecule has 2 aliphatic heterocycles. The lowest BCUT2D eigenvalue weighted by Gasteiger charge is -2.39. The van der Waals surface area contributed by atoms with Crippen molar-refractivity contribution in [1.82, 2.24) is 0 Å². The zero-order valence-corrected chi connectivity index (χ0v) is 9.62. The number of carbonyl (C=O) groups is 1. The molecule has 5 N–H and O–H groups in total. The first-order valence-electron chi connectivity index (χ1n) is 5.54. The lowest BCUT2D eigenvalue weighted by molar-refractivity contribution is -0.292. The molecule has 0 bridgehead atoms. The van der Waals surface area contributed by atoms with E-state index >= 15 is 0 Å². The Kier molecular flexibility index (Phi) is 3.92. The number of hydrogen-bond donors (Lipinski definition) is 5. The lowest BCUT2D eigenvalue weighted by Crippen LogP contribution is -2.58. The molecule has 0 aromatic rings. The molecule has 2 heterocycles. The number of carbonyl (C=O) groups excluding carboxylic acids is 1. The van der Waals surface area contributed by atoms with Crippen molar-refractivity contribution >= 4 is 5.97 Å². The van der Waals surface area contributed by atoms with Gasteiger partial charge in [-0.25, -0.2) is 4.79 Å². The van der Waals surface area contributed by atoms with Crippen LogP contribution in [0.2, 0.25) is 0 Å². The highest BCUT2D eigenvalue weighted by atomic mass is 16.7. The fraction of sp³-hybridized carbons (Fsp3) is 0.700. The quantitative estimate of drug-likeness (QED) is 0.345. The maximum absolute atomic E-state index is 11.0. The van der Waals surface area contributed by atoms with Crippen LogP contribution in [-0.2, 0) is 19.0 Å². The molecule has 0 radical (unpaired) electrons. The lowest BCUT2D eigenvalue weighted by atomic mass is 9.97. The van der Waals surface area contributed by atoms with Crippen molar-refractivity contribution in [3.63, 3.8) is 0 Å². The third kappa shape index (κ3) is 2.96. The number of cyclic esters (lactones) is 1. The van der Waals surface area contributed by atoms with Crippen LogP contribution in [0.25, 0.3) is 0 Å². The van der Waals surface area contributed by atoms with E-state index in [1.165, 1.54) is 0 Å². The summed E-state index contributed by atoms with van der Waals surface area (Å²) in [5.41, 5.74) is 0. The Labute approximate surface area is 107 Å². The van der Waals surface area contributed by atoms with Gasteiger partial charge in [0.25, 0.3) is 12.2 Å². The molecule has 2 rings (SSSR count). The van der Waals surface area contributed by atoms with E-state index in [1.807, 2.05) is 0 Å². The minimum atomic E-state index is -1.69. The van der Waals surface area contributed by atoms with Crippen LogP contribution in [0.15, 0.2) is 12.0 Å². The van der Waals surface area contributed by atoms with Crippen LogP contribution < -0.4 is 0 Å². The number of esters is 1. The Bertz CT molecular complexity index is 381. The summed E-state index contributed by atoms with van der Waals surface area (Å²) in [5, 5.41) is 46.8. The minimum absolute atomic E-state index is 0.244. The summed E-state index contributed by atoms with van der Waals surface area (Å²) < 4.78 is 14.3. The SMILES string of the molecule is O=C1C=C(O)OC(CC2OC(O)C(O)C(O)C2O)O1. The van der Waals surface area contributed by atoms with E-state index in [0.717, 1.165) is 6.08 Å². The van der Waals surface area contributed by atoms with E-state index < -0.39 is 48.9 Å². The second-order valence-corrected chi connectivity index (χ2v) is 4.24. The van der Waals surface area contributed by atoms with E-state index in [2.05, 4.69) is 0 Å². The van der Waals surface area contributed by atoms with Crippen LogP contribution in [0.3, 0.4) is 0 Å². The van der Waals surface area contributed by atoms with Crippen molar-refractivity contribution in [2.75, 3.05) is 0 Å². The van der Waals surface area contributed by atoms with Crippen LogP contribution in [0, 0.1) is 0 Å². The van der Waals surface area contributed by atoms with Crippen LogP contribution in [0.1, 0.15) is 6.42 Å². The van der Waals surface area contributed by atoms with Crippen molar-refractivity contribution in [2.45, 2.75) is 43.4 Å². The number of aliphatic hydroxyl groups excluding tert-OH is 5. The van der Waals surface area contributed by atoms with E-state index in [4.69, 9.17) is 19.3 Å². The van der Waals surface area contributed by atoms with Crippen LogP contribution in [0.4, 0.5) is 0 Å². The first-order chi connectivity index (χ1) is 8.88. The molecule has 6 unspecified atom stereocenters. The molecule has 9 heteroatoms. The molecule has 0 aromatic carbocycles. The van der Waals surface area contributed by atoms with Gasteiger partial charge in [-0.3, -0.25) is 0 Å². The summed E-state index contributed by atoms with van der Waals surface area (Å²) in [5.74, 6) is -1.48. The Morgan fingerprint density at radius 1 is 1.05 bits per heavy atom. The topological polar surface area (TPSA) is 146 Å². The molecule has 6 atom stereocenters. The van der Waals surface area contributed by atoms with Gasteiger partial charge >= 0.3 is 5.97 Å². The highest BCUT2D eigenvalue weighted by Crippen LogP contribution is 2.25. The summed E-state index contributed by atoms with van der Waals surface area (Å²) >= 11 is 0. The number of ether oxygens (including phenoxy) is 3. The Hall–Kier alpha value is -1.39. The maximum Gasteiger partial charge on any atom is 0.341 e. The third-order valence-corrected chi connectivity index (χ3v) is 2.85. The number of aliphatic hydroxyl groups is 5. The highest BCUT2D eigenvalue weighted by Gasteiger charge is 2.44. The molecular weight excluding hydrogens is 264 g/mol. The van der Waals surface area contributed by atoms with Crippen LogP contribution in [-0.4, -0.2) is 68.5 Å². The molecule has 2 aliphatic rings. The highest BCUT2D eigenvalue weighted by molar-refractivity contribution is 5.82. The fourth-order valence-electron chi connectivity index (χ4n) is 1.87. The molecule has 0 aliphatic carbocycles. The largest absolute Gasteiger partial charge is 0.481 e. The van der Waals surface area contributed by atoms with Gasteiger partial charge in [0.15, 0.2) is 6.29 Å². The zero-order valence-electron chi connectivity index (χ0n) is 9.62. The van der Waals surface area contributed by atoms with Gasteiger partial charge in [0, 0.05) is 0 Å². The molecule has 0 spiro atoms. The van der Waals surface area contributed by atoms with Gasteiger partial charge in [-0.1, -0.05) is 0 Å². The predicted octanol–water partition coefficient (Wildman–Crippen LogP) is -2.52. The molecule has 0 amide bonds. The predicted molar refractivity (Wildman–Crippen MR) is 55.2 cm³/mol. The van der Waals surface area contributed by atoms with E-state index in [9.17, 15) is 25.2 Å². The molecule has 1 saturated heterocycles. The summed E-state index contributed by atoms with van der Waals surface area (Å²) in [6.07, 6.45) is -8.34. The molecule has 0 aromatic heterocycles. The Morgan fingerprint density at radius 3 is 2.37 bits per heavy atom. The van der Waals surface area contributed by atoms with Crippen molar-refractivity contribution in [3.8, 4) is 0 Å². The van der Waals surface area contributed by atoms with Gasteiger partial charge in [-0.05, 0) is 0 Å². The number of rotatable bonds is 2. The summed E-state index contributed by atoms with van der Waals surface area (Å²) in [6, 6.07) is 0. The smallest absolute Gasteiger partial charge is 0.341 e. The Balaban J connectivity index is 1.99. The Morgan fingerprint density at radius 2 is 1.74 bits per heavy atom. The van der Waals surface area contributed by atoms with E-state index in [-0.39, 0.29) is 6.42 Å². The second kappa shape index (κ2) is 5.31. The van der Waals surface area contributed by atoms with Crippen molar-refractivity contribution in [2.24, 2.45) is 0 Å². The molecule has 108 valence electrons. The van der Waals surface area contributed by atoms with Gasteiger partial charge in [-0.15, -0.1) is 0 Å². The summed E-state index contributed by atoms with van der Waals surface area (Å²) in [7, 11) is 0. The van der Waals surface area contributed by atoms with Gasteiger partial charge in [0.05, 0.1) is 12.5 Å². The van der Waals surface area contributed by atoms with Gasteiger partial charge in [0.2, 0.25) is 0 Å². The standard InChI is InChI=1S/C10H14O9/c11-4-2-5(12)19-6(18-4)1-3-7(13)8(14)9(15)10(16)17-3/h2-3,6-11,13-16H,1H2. The van der Waals surface area contributed by atoms with Gasteiger partial charge in [-0.2, -0.15) is 0 Å². The van der Waals surface area contributed by atoms with Gasteiger partial charge < -0.3 is 39.7 Å². The monoisotopic (exact) mass is 278 g/mol. The van der Waals surface area contributed by atoms with Crippen LogP contribution in [0.5, 0.6) is 0 Å². The van der Waals surface area contributed by atoms with Gasteiger partial charge in [0.1, 0.15) is 24.4 Å². The molecule has 0 saturated carbocycles. The number of hydrogen-bond acceptors (Lipinski definition) is 9. The van der Waals surface area contributed by atoms with Crippen molar-refractivity contribution in [1.29, 1.82) is 0 Å². The summed E-state index contributed by atoms with van der Waals surface area (Å²) in [4.78, 5) is 11.0. The average Bonchev–Trinajstić information content (AvgIpc) is 2.32. The minimum Gasteiger partial charge on any atom is -0.481 e. The average molecular weight is 278 g/mol.